The molecule has 0 fully saturated rings. The van der Waals surface area contributed by atoms with Gasteiger partial charge in [0.15, 0.2) is 0 Å². The first-order valence-electron chi connectivity index (χ1n) is 7.19. The highest BCUT2D eigenvalue weighted by Crippen LogP contribution is 2.24. The summed E-state index contributed by atoms with van der Waals surface area (Å²) in [6, 6.07) is 13.2. The van der Waals surface area contributed by atoms with Crippen molar-refractivity contribution in [1.29, 1.82) is 0 Å². The summed E-state index contributed by atoms with van der Waals surface area (Å²) in [4.78, 5) is 4.05. The number of aromatic nitrogens is 2. The average molecular weight is 314 g/mol. The number of hydrogen-bond acceptors (Lipinski definition) is 1. The van der Waals surface area contributed by atoms with Crippen molar-refractivity contribution in [3.8, 4) is 0 Å². The molecular weight excluding hydrogens is 298 g/mol. The van der Waals surface area contributed by atoms with Crippen molar-refractivity contribution in [1.82, 2.24) is 9.55 Å². The second-order valence-electron chi connectivity index (χ2n) is 5.24. The third kappa shape index (κ3) is 3.48. The van der Waals surface area contributed by atoms with Crippen molar-refractivity contribution >= 4 is 9.52 Å². The summed E-state index contributed by atoms with van der Waals surface area (Å²) in [5.41, 5.74) is 2.39. The van der Waals surface area contributed by atoms with Crippen molar-refractivity contribution in [2.75, 3.05) is 0 Å². The van der Waals surface area contributed by atoms with Crippen LogP contribution in [0.2, 0.25) is 0 Å². The Bertz CT molecular complexity index is 664. The number of benzene rings is 2. The van der Waals surface area contributed by atoms with Crippen LogP contribution in [0, 0.1) is 11.6 Å². The van der Waals surface area contributed by atoms with E-state index in [1.54, 1.807) is 12.5 Å². The molecule has 112 valence electrons. The van der Waals surface area contributed by atoms with Crippen molar-refractivity contribution in [3.63, 3.8) is 0 Å². The van der Waals surface area contributed by atoms with Crippen LogP contribution in [0.4, 0.5) is 8.78 Å². The van der Waals surface area contributed by atoms with E-state index in [1.807, 2.05) is 30.5 Å². The largest absolute Gasteiger partial charge is 0.341 e. The van der Waals surface area contributed by atoms with Gasteiger partial charge in [0.05, 0.1) is 15.8 Å². The Morgan fingerprint density at radius 1 is 0.909 bits per heavy atom. The van der Waals surface area contributed by atoms with Gasteiger partial charge in [-0.3, -0.25) is 0 Å². The Kier molecular flexibility index (Phi) is 4.44. The molecule has 1 heterocycles. The Balaban J connectivity index is 1.87. The Morgan fingerprint density at radius 2 is 1.45 bits per heavy atom. The lowest BCUT2D eigenvalue weighted by molar-refractivity contribution is 0.626. The van der Waals surface area contributed by atoms with Gasteiger partial charge in [-0.25, -0.2) is 13.8 Å². The van der Waals surface area contributed by atoms with Gasteiger partial charge in [-0.05, 0) is 40.9 Å². The fraction of sp³-hybridized carbons (Fsp3) is 0.118. The molecule has 0 radical (unpaired) electrons. The molecular formula is C17H16F2N2Si. The quantitative estimate of drug-likeness (QED) is 0.662. The van der Waals surface area contributed by atoms with Crippen LogP contribution in [0.1, 0.15) is 16.7 Å². The average Bonchev–Trinajstić information content (AvgIpc) is 3.04. The molecule has 1 aromatic heterocycles. The van der Waals surface area contributed by atoms with E-state index in [0.29, 0.717) is 0 Å². The summed E-state index contributed by atoms with van der Waals surface area (Å²) >= 11 is 0. The number of halogens is 2. The molecule has 0 aliphatic heterocycles. The molecule has 0 N–H and O–H groups in total. The lowest BCUT2D eigenvalue weighted by atomic mass is 10.0. The van der Waals surface area contributed by atoms with Crippen molar-refractivity contribution in [2.45, 2.75) is 11.7 Å². The van der Waals surface area contributed by atoms with Crippen LogP contribution < -0.4 is 0 Å². The van der Waals surface area contributed by atoms with Crippen molar-refractivity contribution in [2.24, 2.45) is 0 Å². The molecule has 0 bridgehead atoms. The van der Waals surface area contributed by atoms with E-state index >= 15 is 0 Å². The second-order valence-corrected chi connectivity index (χ2v) is 7.09. The molecule has 22 heavy (non-hydrogen) atoms. The highest BCUT2D eigenvalue weighted by Gasteiger charge is 2.15. The topological polar surface area (TPSA) is 17.8 Å². The summed E-state index contributed by atoms with van der Waals surface area (Å²) in [5.74, 6) is -0.476. The molecule has 2 aromatic carbocycles. The summed E-state index contributed by atoms with van der Waals surface area (Å²) in [5, 5.41) is 0. The number of hydrogen-bond donors (Lipinski definition) is 0. The molecule has 3 rings (SSSR count). The van der Waals surface area contributed by atoms with E-state index in [-0.39, 0.29) is 17.2 Å². The second kappa shape index (κ2) is 6.66. The van der Waals surface area contributed by atoms with E-state index in [2.05, 4.69) is 9.55 Å². The van der Waals surface area contributed by atoms with E-state index in [0.717, 1.165) is 17.3 Å². The monoisotopic (exact) mass is 314 g/mol. The molecule has 5 heteroatoms. The predicted octanol–water partition coefficient (Wildman–Crippen LogP) is 3.08. The standard InChI is InChI=1S/C17H16F2N2Si/c18-15-5-1-13(2-6-15)17(14-3-7-16(19)8-4-14)22-12-21-10-9-20-11-21/h1-11,17H,12,22H2. The van der Waals surface area contributed by atoms with Gasteiger partial charge in [0, 0.05) is 18.6 Å². The smallest absolute Gasteiger partial charge is 0.123 e. The molecule has 0 atom stereocenters. The minimum absolute atomic E-state index is 0.226. The summed E-state index contributed by atoms with van der Waals surface area (Å²) in [6.45, 7) is 0. The number of imidazole rings is 1. The Hall–Kier alpha value is -2.27. The van der Waals surface area contributed by atoms with Gasteiger partial charge in [0.25, 0.3) is 0 Å². The van der Waals surface area contributed by atoms with E-state index < -0.39 is 9.52 Å². The maximum atomic E-state index is 13.2. The molecule has 0 amide bonds. The maximum Gasteiger partial charge on any atom is 0.123 e. The van der Waals surface area contributed by atoms with Gasteiger partial charge in [-0.15, -0.1) is 0 Å². The highest BCUT2D eigenvalue weighted by molar-refractivity contribution is 6.37. The molecule has 2 nitrogen and oxygen atoms in total. The third-order valence-electron chi connectivity index (χ3n) is 3.78. The van der Waals surface area contributed by atoms with Crippen LogP contribution >= 0.6 is 0 Å². The van der Waals surface area contributed by atoms with E-state index in [1.165, 1.54) is 24.3 Å². The molecule has 3 aromatic rings. The zero-order valence-corrected chi connectivity index (χ0v) is 13.4. The first-order chi connectivity index (χ1) is 10.7. The minimum atomic E-state index is -0.587. The van der Waals surface area contributed by atoms with Crippen molar-refractivity contribution < 1.29 is 8.78 Å². The molecule has 0 unspecified atom stereocenters. The fourth-order valence-electron chi connectivity index (χ4n) is 2.61. The lowest BCUT2D eigenvalue weighted by Gasteiger charge is -2.18. The van der Waals surface area contributed by atoms with Crippen LogP contribution in [0.3, 0.4) is 0 Å². The van der Waals surface area contributed by atoms with Gasteiger partial charge >= 0.3 is 0 Å². The first-order valence-corrected chi connectivity index (χ1v) is 9.01. The summed E-state index contributed by atoms with van der Waals surface area (Å²) < 4.78 is 28.4. The molecule has 0 spiro atoms. The van der Waals surface area contributed by atoms with Crippen LogP contribution in [-0.4, -0.2) is 19.1 Å². The van der Waals surface area contributed by atoms with Gasteiger partial charge < -0.3 is 4.57 Å². The SMILES string of the molecule is Fc1ccc(C([SiH2]Cn2ccnc2)c2ccc(F)cc2)cc1. The summed E-state index contributed by atoms with van der Waals surface area (Å²) in [7, 11) is -0.587. The fourth-order valence-corrected chi connectivity index (χ4v) is 4.65. The van der Waals surface area contributed by atoms with Crippen LogP contribution in [0.5, 0.6) is 0 Å². The van der Waals surface area contributed by atoms with Gasteiger partial charge in [0.1, 0.15) is 11.6 Å². The van der Waals surface area contributed by atoms with Crippen LogP contribution in [-0.2, 0) is 6.17 Å². The van der Waals surface area contributed by atoms with Gasteiger partial charge in [0.2, 0.25) is 0 Å². The van der Waals surface area contributed by atoms with Crippen LogP contribution in [0.25, 0.3) is 0 Å². The third-order valence-corrected chi connectivity index (χ3v) is 6.07. The first kappa shape index (κ1) is 14.7. The maximum absolute atomic E-state index is 13.2. The number of nitrogens with zero attached hydrogens (tertiary/aromatic N) is 2. The van der Waals surface area contributed by atoms with E-state index in [9.17, 15) is 8.78 Å². The van der Waals surface area contributed by atoms with Crippen LogP contribution in [0.15, 0.2) is 67.3 Å². The molecule has 0 aliphatic rings. The molecule has 0 saturated carbocycles. The molecule has 0 saturated heterocycles. The predicted molar refractivity (Wildman–Crippen MR) is 85.4 cm³/mol. The zero-order chi connectivity index (χ0) is 15.4. The Morgan fingerprint density at radius 3 is 1.91 bits per heavy atom. The van der Waals surface area contributed by atoms with Gasteiger partial charge in [-0.1, -0.05) is 24.3 Å². The van der Waals surface area contributed by atoms with E-state index in [4.69, 9.17) is 0 Å². The van der Waals surface area contributed by atoms with Crippen molar-refractivity contribution in [3.05, 3.63) is 90.0 Å². The number of rotatable bonds is 5. The minimum Gasteiger partial charge on any atom is -0.341 e. The molecule has 0 aliphatic carbocycles. The lowest BCUT2D eigenvalue weighted by Crippen LogP contribution is -2.16. The normalized spacial score (nSPS) is 11.6. The van der Waals surface area contributed by atoms with Gasteiger partial charge in [-0.2, -0.15) is 0 Å². The highest BCUT2D eigenvalue weighted by atomic mass is 28.2. The zero-order valence-electron chi connectivity index (χ0n) is 12.0. The summed E-state index contributed by atoms with van der Waals surface area (Å²) in [6.07, 6.45) is 6.44. The Labute approximate surface area is 130 Å².